The van der Waals surface area contributed by atoms with Crippen LogP contribution in [-0.4, -0.2) is 40.4 Å². The molecule has 0 saturated carbocycles. The molecule has 1 saturated heterocycles. The number of nitrogens with one attached hydrogen (secondary N) is 1. The van der Waals surface area contributed by atoms with Crippen molar-refractivity contribution in [3.05, 3.63) is 30.2 Å². The van der Waals surface area contributed by atoms with Gasteiger partial charge < -0.3 is 10.1 Å². The van der Waals surface area contributed by atoms with E-state index < -0.39 is 0 Å². The molecule has 96 valence electrons. The van der Waals surface area contributed by atoms with Crippen molar-refractivity contribution < 1.29 is 4.74 Å². The topological polar surface area (TPSA) is 51.5 Å². The van der Waals surface area contributed by atoms with Crippen molar-refractivity contribution >= 4 is 5.65 Å². The van der Waals surface area contributed by atoms with E-state index in [0.717, 1.165) is 50.5 Å². The first-order chi connectivity index (χ1) is 8.93. The van der Waals surface area contributed by atoms with Crippen LogP contribution in [0.5, 0.6) is 0 Å². The van der Waals surface area contributed by atoms with E-state index in [1.807, 2.05) is 24.4 Å². The van der Waals surface area contributed by atoms with Gasteiger partial charge in [0.05, 0.1) is 6.61 Å². The second kappa shape index (κ2) is 5.46. The van der Waals surface area contributed by atoms with Crippen LogP contribution >= 0.6 is 0 Å². The van der Waals surface area contributed by atoms with Crippen molar-refractivity contribution in [1.82, 2.24) is 19.9 Å². The number of fused-ring (bicyclic) bond motifs is 1. The third-order valence-corrected chi connectivity index (χ3v) is 3.32. The fourth-order valence-corrected chi connectivity index (χ4v) is 2.31. The minimum absolute atomic E-state index is 0.542. The number of nitrogens with zero attached hydrogens (tertiary/aromatic N) is 3. The highest BCUT2D eigenvalue weighted by Crippen LogP contribution is 2.06. The average Bonchev–Trinajstić information content (AvgIpc) is 3.04. The lowest BCUT2D eigenvalue weighted by molar-refractivity contribution is 0.190. The second-order valence-corrected chi connectivity index (χ2v) is 4.66. The largest absolute Gasteiger partial charge is 0.380 e. The molecular formula is C13H18N4O. The van der Waals surface area contributed by atoms with Gasteiger partial charge in [-0.2, -0.15) is 0 Å². The third kappa shape index (κ3) is 2.52. The van der Waals surface area contributed by atoms with Gasteiger partial charge in [0.15, 0.2) is 5.65 Å². The minimum Gasteiger partial charge on any atom is -0.380 e. The number of ether oxygens (including phenoxy) is 1. The molecule has 3 heterocycles. The Morgan fingerprint density at radius 3 is 3.28 bits per heavy atom. The molecule has 1 atom stereocenters. The van der Waals surface area contributed by atoms with Crippen LogP contribution < -0.4 is 5.32 Å². The Hall–Kier alpha value is -1.46. The first-order valence-corrected chi connectivity index (χ1v) is 6.53. The molecule has 0 unspecified atom stereocenters. The molecule has 18 heavy (non-hydrogen) atoms. The van der Waals surface area contributed by atoms with Crippen LogP contribution in [0.15, 0.2) is 24.4 Å². The molecule has 2 aromatic rings. The van der Waals surface area contributed by atoms with Gasteiger partial charge in [0.1, 0.15) is 5.82 Å². The fraction of sp³-hybridized carbons (Fsp3) is 0.538. The monoisotopic (exact) mass is 246 g/mol. The van der Waals surface area contributed by atoms with E-state index in [-0.39, 0.29) is 0 Å². The molecule has 0 radical (unpaired) electrons. The summed E-state index contributed by atoms with van der Waals surface area (Å²) in [7, 11) is 0. The van der Waals surface area contributed by atoms with Crippen LogP contribution in [0.4, 0.5) is 0 Å². The van der Waals surface area contributed by atoms with Gasteiger partial charge in [-0.1, -0.05) is 6.07 Å². The zero-order valence-electron chi connectivity index (χ0n) is 10.4. The summed E-state index contributed by atoms with van der Waals surface area (Å²) in [6, 6.07) is 6.51. The molecule has 1 aliphatic heterocycles. The fourth-order valence-electron chi connectivity index (χ4n) is 2.31. The highest BCUT2D eigenvalue weighted by molar-refractivity contribution is 5.36. The van der Waals surface area contributed by atoms with Gasteiger partial charge in [0.2, 0.25) is 0 Å². The minimum atomic E-state index is 0.542. The zero-order chi connectivity index (χ0) is 12.2. The summed E-state index contributed by atoms with van der Waals surface area (Å²) < 4.78 is 7.38. The van der Waals surface area contributed by atoms with Gasteiger partial charge in [-0.05, 0) is 31.5 Å². The maximum atomic E-state index is 5.33. The lowest BCUT2D eigenvalue weighted by Gasteiger charge is -2.09. The smallest absolute Gasteiger partial charge is 0.160 e. The summed E-state index contributed by atoms with van der Waals surface area (Å²) in [6.07, 6.45) is 5.18. The summed E-state index contributed by atoms with van der Waals surface area (Å²) in [5.41, 5.74) is 0.921. The van der Waals surface area contributed by atoms with Gasteiger partial charge in [0, 0.05) is 25.3 Å². The standard InChI is InChI=1S/C13H18N4O/c1-2-8-17-12(4-1)15-16-13(17)5-3-7-14-11-6-9-18-10-11/h1-2,4,8,11,14H,3,5-7,9-10H2/t11-/m1/s1. The van der Waals surface area contributed by atoms with E-state index in [0.29, 0.717) is 6.04 Å². The van der Waals surface area contributed by atoms with Crippen molar-refractivity contribution in [2.75, 3.05) is 19.8 Å². The number of aryl methyl sites for hydroxylation is 1. The zero-order valence-corrected chi connectivity index (χ0v) is 10.4. The van der Waals surface area contributed by atoms with E-state index in [1.165, 1.54) is 0 Å². The molecular weight excluding hydrogens is 228 g/mol. The molecule has 5 nitrogen and oxygen atoms in total. The molecule has 5 heteroatoms. The molecule has 0 amide bonds. The first kappa shape index (κ1) is 11.6. The molecule has 0 aliphatic carbocycles. The number of hydrogen-bond acceptors (Lipinski definition) is 4. The van der Waals surface area contributed by atoms with Gasteiger partial charge in [-0.15, -0.1) is 10.2 Å². The van der Waals surface area contributed by atoms with Crippen LogP contribution in [0, 0.1) is 0 Å². The SMILES string of the molecule is c1ccn2c(CCCN[C@@H]3CCOC3)nnc2c1. The first-order valence-electron chi connectivity index (χ1n) is 6.53. The lowest BCUT2D eigenvalue weighted by atomic mass is 10.2. The summed E-state index contributed by atoms with van der Waals surface area (Å²) in [5, 5.41) is 11.9. The highest BCUT2D eigenvalue weighted by Gasteiger charge is 2.14. The molecule has 1 aliphatic rings. The Labute approximate surface area is 106 Å². The molecule has 2 aromatic heterocycles. The van der Waals surface area contributed by atoms with Gasteiger partial charge in [0.25, 0.3) is 0 Å². The Morgan fingerprint density at radius 2 is 2.39 bits per heavy atom. The molecule has 0 aromatic carbocycles. The van der Waals surface area contributed by atoms with Crippen LogP contribution in [-0.2, 0) is 11.2 Å². The summed E-state index contributed by atoms with van der Waals surface area (Å²) in [6.45, 7) is 2.76. The Morgan fingerprint density at radius 1 is 1.39 bits per heavy atom. The predicted molar refractivity (Wildman–Crippen MR) is 68.5 cm³/mol. The van der Waals surface area contributed by atoms with Crippen molar-refractivity contribution in [1.29, 1.82) is 0 Å². The van der Waals surface area contributed by atoms with Crippen molar-refractivity contribution in [3.63, 3.8) is 0 Å². The molecule has 3 rings (SSSR count). The maximum absolute atomic E-state index is 5.33. The molecule has 1 fully saturated rings. The van der Waals surface area contributed by atoms with Gasteiger partial charge in [-0.25, -0.2) is 0 Å². The van der Waals surface area contributed by atoms with Crippen molar-refractivity contribution in [3.8, 4) is 0 Å². The van der Waals surface area contributed by atoms with Crippen LogP contribution in [0.25, 0.3) is 5.65 Å². The van der Waals surface area contributed by atoms with E-state index in [4.69, 9.17) is 4.74 Å². The third-order valence-electron chi connectivity index (χ3n) is 3.32. The Kier molecular flexibility index (Phi) is 3.52. The number of hydrogen-bond donors (Lipinski definition) is 1. The quantitative estimate of drug-likeness (QED) is 0.801. The summed E-state index contributed by atoms with van der Waals surface area (Å²) >= 11 is 0. The van der Waals surface area contributed by atoms with Gasteiger partial charge in [-0.3, -0.25) is 4.40 Å². The Balaban J connectivity index is 1.50. The number of rotatable bonds is 5. The maximum Gasteiger partial charge on any atom is 0.160 e. The van der Waals surface area contributed by atoms with Crippen molar-refractivity contribution in [2.24, 2.45) is 0 Å². The van der Waals surface area contributed by atoms with E-state index in [2.05, 4.69) is 19.9 Å². The van der Waals surface area contributed by atoms with Crippen LogP contribution in [0.1, 0.15) is 18.7 Å². The number of pyridine rings is 1. The van der Waals surface area contributed by atoms with E-state index >= 15 is 0 Å². The van der Waals surface area contributed by atoms with E-state index in [1.54, 1.807) is 0 Å². The highest BCUT2D eigenvalue weighted by atomic mass is 16.5. The Bertz CT molecular complexity index is 504. The second-order valence-electron chi connectivity index (χ2n) is 4.66. The average molecular weight is 246 g/mol. The molecule has 0 spiro atoms. The normalized spacial score (nSPS) is 19.7. The van der Waals surface area contributed by atoms with Gasteiger partial charge >= 0.3 is 0 Å². The number of aromatic nitrogens is 3. The van der Waals surface area contributed by atoms with Crippen LogP contribution in [0.3, 0.4) is 0 Å². The molecule has 0 bridgehead atoms. The summed E-state index contributed by atoms with van der Waals surface area (Å²) in [4.78, 5) is 0. The molecule has 1 N–H and O–H groups in total. The predicted octanol–water partition coefficient (Wildman–Crippen LogP) is 1.04. The van der Waals surface area contributed by atoms with Crippen LogP contribution in [0.2, 0.25) is 0 Å². The summed E-state index contributed by atoms with van der Waals surface area (Å²) in [5.74, 6) is 1.04. The lowest BCUT2D eigenvalue weighted by Crippen LogP contribution is -2.30. The van der Waals surface area contributed by atoms with Crippen molar-refractivity contribution in [2.45, 2.75) is 25.3 Å². The van der Waals surface area contributed by atoms with E-state index in [9.17, 15) is 0 Å².